The maximum absolute atomic E-state index is 11.1. The Morgan fingerprint density at radius 1 is 1.07 bits per heavy atom. The molecule has 0 aromatic rings. The molecule has 0 aliphatic heterocycles. The Hall–Kier alpha value is -1.14. The Kier molecular flexibility index (Phi) is 5.11. The van der Waals surface area contributed by atoms with Gasteiger partial charge in [-0.05, 0) is 13.8 Å². The lowest BCUT2D eigenvalue weighted by molar-refractivity contribution is -0.146. The molecule has 4 N–H and O–H groups in total. The minimum Gasteiger partial charge on any atom is -0.380 e. The number of rotatable bonds is 4. The molecular formula is C8H16N2O4. The van der Waals surface area contributed by atoms with Crippen LogP contribution in [-0.4, -0.2) is 47.3 Å². The molecule has 0 unspecified atom stereocenters. The van der Waals surface area contributed by atoms with Crippen molar-refractivity contribution < 1.29 is 19.8 Å². The highest BCUT2D eigenvalue weighted by molar-refractivity contribution is 5.90. The topological polar surface area (TPSA) is 98.7 Å². The van der Waals surface area contributed by atoms with E-state index in [1.54, 1.807) is 13.8 Å². The van der Waals surface area contributed by atoms with Crippen molar-refractivity contribution in [3.05, 3.63) is 0 Å². The van der Waals surface area contributed by atoms with Gasteiger partial charge in [-0.2, -0.15) is 0 Å². The fourth-order valence-electron chi connectivity index (χ4n) is 0.805. The molecule has 0 heterocycles. The third kappa shape index (κ3) is 3.71. The zero-order chi connectivity index (χ0) is 11.3. The second-order valence-electron chi connectivity index (χ2n) is 3.17. The van der Waals surface area contributed by atoms with Crippen molar-refractivity contribution >= 4 is 11.8 Å². The van der Waals surface area contributed by atoms with Crippen LogP contribution in [0, 0.1) is 0 Å². The monoisotopic (exact) mass is 204 g/mol. The summed E-state index contributed by atoms with van der Waals surface area (Å²) in [6, 6.07) is -0.158. The molecule has 0 rings (SSSR count). The number of amides is 2. The van der Waals surface area contributed by atoms with Gasteiger partial charge in [0.05, 0.1) is 0 Å². The second-order valence-corrected chi connectivity index (χ2v) is 3.17. The summed E-state index contributed by atoms with van der Waals surface area (Å²) in [5.41, 5.74) is 0. The quantitative estimate of drug-likeness (QED) is 0.425. The standard InChI is InChI=1S/C8H16N2O4/c1-4(2)10-8(14)6(12)5(11)7(13)9-3/h4-6,11-12H,1-3H3,(H,9,13)(H,10,14)/t5-,6-/m1/s1. The highest BCUT2D eigenvalue weighted by Gasteiger charge is 2.29. The van der Waals surface area contributed by atoms with Crippen molar-refractivity contribution in [2.24, 2.45) is 0 Å². The van der Waals surface area contributed by atoms with Gasteiger partial charge < -0.3 is 20.8 Å². The van der Waals surface area contributed by atoms with Gasteiger partial charge in [-0.25, -0.2) is 0 Å². The van der Waals surface area contributed by atoms with Crippen LogP contribution in [0.25, 0.3) is 0 Å². The van der Waals surface area contributed by atoms with E-state index in [9.17, 15) is 14.7 Å². The fraction of sp³-hybridized carbons (Fsp3) is 0.750. The number of hydrogen-bond donors (Lipinski definition) is 4. The van der Waals surface area contributed by atoms with Gasteiger partial charge in [0.2, 0.25) is 0 Å². The van der Waals surface area contributed by atoms with Crippen LogP contribution in [-0.2, 0) is 9.59 Å². The van der Waals surface area contributed by atoms with Crippen LogP contribution in [0.5, 0.6) is 0 Å². The molecule has 2 atom stereocenters. The molecular weight excluding hydrogens is 188 g/mol. The number of aliphatic hydroxyl groups is 2. The van der Waals surface area contributed by atoms with Gasteiger partial charge in [-0.3, -0.25) is 9.59 Å². The molecule has 82 valence electrons. The molecule has 6 heteroatoms. The molecule has 0 spiro atoms. The fourth-order valence-corrected chi connectivity index (χ4v) is 0.805. The molecule has 0 aliphatic carbocycles. The predicted molar refractivity (Wildman–Crippen MR) is 49.4 cm³/mol. The van der Waals surface area contributed by atoms with E-state index in [2.05, 4.69) is 10.6 Å². The van der Waals surface area contributed by atoms with Crippen LogP contribution in [0.3, 0.4) is 0 Å². The van der Waals surface area contributed by atoms with Crippen molar-refractivity contribution in [3.8, 4) is 0 Å². The maximum atomic E-state index is 11.1. The van der Waals surface area contributed by atoms with Crippen molar-refractivity contribution in [2.75, 3.05) is 7.05 Å². The Labute approximate surface area is 82.3 Å². The van der Waals surface area contributed by atoms with Gasteiger partial charge in [-0.1, -0.05) is 0 Å². The summed E-state index contributed by atoms with van der Waals surface area (Å²) in [5.74, 6) is -1.56. The summed E-state index contributed by atoms with van der Waals surface area (Å²) in [6.45, 7) is 3.41. The average molecular weight is 204 g/mol. The largest absolute Gasteiger partial charge is 0.380 e. The van der Waals surface area contributed by atoms with Crippen LogP contribution in [0.4, 0.5) is 0 Å². The van der Waals surface area contributed by atoms with Crippen molar-refractivity contribution in [1.29, 1.82) is 0 Å². The highest BCUT2D eigenvalue weighted by atomic mass is 16.3. The molecule has 2 amide bonds. The summed E-state index contributed by atoms with van der Waals surface area (Å²) >= 11 is 0. The van der Waals surface area contributed by atoms with E-state index in [1.807, 2.05) is 0 Å². The van der Waals surface area contributed by atoms with Crippen LogP contribution in [0.15, 0.2) is 0 Å². The van der Waals surface area contributed by atoms with Gasteiger partial charge in [-0.15, -0.1) is 0 Å². The van der Waals surface area contributed by atoms with Crippen LogP contribution in [0.2, 0.25) is 0 Å². The van der Waals surface area contributed by atoms with Gasteiger partial charge in [0.25, 0.3) is 11.8 Å². The third-order valence-corrected chi connectivity index (χ3v) is 1.51. The molecule has 0 saturated carbocycles. The first-order chi connectivity index (χ1) is 6.40. The highest BCUT2D eigenvalue weighted by Crippen LogP contribution is 1.94. The minimum atomic E-state index is -1.74. The van der Waals surface area contributed by atoms with E-state index in [0.29, 0.717) is 0 Å². The van der Waals surface area contributed by atoms with Gasteiger partial charge >= 0.3 is 0 Å². The predicted octanol–water partition coefficient (Wildman–Crippen LogP) is -2.02. The van der Waals surface area contributed by atoms with Crippen LogP contribution >= 0.6 is 0 Å². The second kappa shape index (κ2) is 5.56. The van der Waals surface area contributed by atoms with Crippen LogP contribution in [0.1, 0.15) is 13.8 Å². The average Bonchev–Trinajstić information content (AvgIpc) is 2.13. The van der Waals surface area contributed by atoms with Crippen molar-refractivity contribution in [2.45, 2.75) is 32.1 Å². The number of nitrogens with one attached hydrogen (secondary N) is 2. The van der Waals surface area contributed by atoms with Crippen LogP contribution < -0.4 is 10.6 Å². The number of carbonyl (C=O) groups is 2. The van der Waals surface area contributed by atoms with Gasteiger partial charge in [0.1, 0.15) is 0 Å². The summed E-state index contributed by atoms with van der Waals surface area (Å²) in [7, 11) is 1.30. The molecule has 0 fully saturated rings. The molecule has 0 aromatic heterocycles. The molecule has 0 bridgehead atoms. The lowest BCUT2D eigenvalue weighted by atomic mass is 10.1. The number of carbonyl (C=O) groups excluding carboxylic acids is 2. The summed E-state index contributed by atoms with van der Waals surface area (Å²) in [4.78, 5) is 22.0. The molecule has 14 heavy (non-hydrogen) atoms. The first kappa shape index (κ1) is 12.9. The number of hydrogen-bond acceptors (Lipinski definition) is 4. The Morgan fingerprint density at radius 2 is 1.50 bits per heavy atom. The van der Waals surface area contributed by atoms with E-state index in [1.165, 1.54) is 7.05 Å². The first-order valence-corrected chi connectivity index (χ1v) is 4.28. The zero-order valence-corrected chi connectivity index (χ0v) is 8.44. The first-order valence-electron chi connectivity index (χ1n) is 4.28. The van der Waals surface area contributed by atoms with E-state index in [4.69, 9.17) is 5.11 Å². The Balaban J connectivity index is 4.24. The lowest BCUT2D eigenvalue weighted by Gasteiger charge is -2.17. The van der Waals surface area contributed by atoms with E-state index in [-0.39, 0.29) is 6.04 Å². The van der Waals surface area contributed by atoms with Gasteiger partial charge in [0.15, 0.2) is 12.2 Å². The SMILES string of the molecule is CNC(=O)[C@H](O)[C@@H](O)C(=O)NC(C)C. The minimum absolute atomic E-state index is 0.158. The lowest BCUT2D eigenvalue weighted by Crippen LogP contribution is -2.50. The molecule has 0 aromatic carbocycles. The molecule has 0 aliphatic rings. The molecule has 0 radical (unpaired) electrons. The maximum Gasteiger partial charge on any atom is 0.252 e. The normalized spacial score (nSPS) is 14.7. The summed E-state index contributed by atoms with van der Waals surface area (Å²) in [5, 5.41) is 22.9. The summed E-state index contributed by atoms with van der Waals surface area (Å²) < 4.78 is 0. The Bertz CT molecular complexity index is 217. The smallest absolute Gasteiger partial charge is 0.252 e. The van der Waals surface area contributed by atoms with Crippen molar-refractivity contribution in [3.63, 3.8) is 0 Å². The third-order valence-electron chi connectivity index (χ3n) is 1.51. The van der Waals surface area contributed by atoms with E-state index < -0.39 is 24.0 Å². The number of likely N-dealkylation sites (N-methyl/N-ethyl adjacent to an activating group) is 1. The summed E-state index contributed by atoms with van der Waals surface area (Å²) in [6.07, 6.45) is -3.48. The van der Waals surface area contributed by atoms with Gasteiger partial charge in [0, 0.05) is 13.1 Å². The number of aliphatic hydroxyl groups excluding tert-OH is 2. The zero-order valence-electron chi connectivity index (χ0n) is 8.44. The van der Waals surface area contributed by atoms with E-state index >= 15 is 0 Å². The molecule has 6 nitrogen and oxygen atoms in total. The molecule has 0 saturated heterocycles. The Morgan fingerprint density at radius 3 is 1.86 bits per heavy atom. The van der Waals surface area contributed by atoms with Crippen molar-refractivity contribution in [1.82, 2.24) is 10.6 Å². The van der Waals surface area contributed by atoms with E-state index in [0.717, 1.165) is 0 Å².